The van der Waals surface area contributed by atoms with Crippen molar-refractivity contribution in [3.8, 4) is 0 Å². The van der Waals surface area contributed by atoms with Gasteiger partial charge in [-0.25, -0.2) is 13.1 Å². The second-order valence-corrected chi connectivity index (χ2v) is 7.67. The van der Waals surface area contributed by atoms with Gasteiger partial charge in [0.2, 0.25) is 10.0 Å². The van der Waals surface area contributed by atoms with E-state index in [9.17, 15) is 18.0 Å². The molecule has 0 aliphatic carbocycles. The Bertz CT molecular complexity index is 906. The fourth-order valence-electron chi connectivity index (χ4n) is 2.24. The van der Waals surface area contributed by atoms with E-state index in [4.69, 9.17) is 11.6 Å². The molecular formula is C17H19ClN4O4S. The molecule has 2 amide bonds. The van der Waals surface area contributed by atoms with Crippen LogP contribution in [0.15, 0.2) is 53.6 Å². The third-order valence-corrected chi connectivity index (χ3v) is 5.30. The van der Waals surface area contributed by atoms with E-state index in [0.29, 0.717) is 5.69 Å². The summed E-state index contributed by atoms with van der Waals surface area (Å²) in [5, 5.41) is 0. The molecule has 1 unspecified atom stereocenters. The summed E-state index contributed by atoms with van der Waals surface area (Å²) < 4.78 is 27.2. The number of pyridine rings is 1. The van der Waals surface area contributed by atoms with Crippen molar-refractivity contribution in [1.82, 2.24) is 20.6 Å². The van der Waals surface area contributed by atoms with Crippen LogP contribution in [0, 0.1) is 0 Å². The monoisotopic (exact) mass is 410 g/mol. The molecule has 8 nitrogen and oxygen atoms in total. The van der Waals surface area contributed by atoms with Crippen LogP contribution in [-0.2, 0) is 14.8 Å². The standard InChI is InChI=1S/C17H19ClN4O4S/c1-12(11-20-27(25,26)13-6-3-2-4-7-13)16-14(8-5-9-19-16)17(24)22-21-15(23)10-18/h2-9,12,20H,10-11H2,1H3,(H,21,23)(H,22,24). The van der Waals surface area contributed by atoms with E-state index in [1.807, 2.05) is 0 Å². The lowest BCUT2D eigenvalue weighted by molar-refractivity contribution is -0.119. The number of amides is 2. The maximum Gasteiger partial charge on any atom is 0.271 e. The van der Waals surface area contributed by atoms with Gasteiger partial charge in [-0.15, -0.1) is 11.6 Å². The minimum absolute atomic E-state index is 0.0442. The van der Waals surface area contributed by atoms with Crippen molar-refractivity contribution in [3.63, 3.8) is 0 Å². The van der Waals surface area contributed by atoms with Gasteiger partial charge in [-0.05, 0) is 24.3 Å². The van der Waals surface area contributed by atoms with Gasteiger partial charge in [0.1, 0.15) is 5.88 Å². The normalized spacial score (nSPS) is 12.2. The molecule has 1 heterocycles. The second kappa shape index (κ2) is 9.45. The summed E-state index contributed by atoms with van der Waals surface area (Å²) >= 11 is 5.36. The molecule has 144 valence electrons. The van der Waals surface area contributed by atoms with Crippen molar-refractivity contribution in [2.24, 2.45) is 0 Å². The number of halogens is 1. The van der Waals surface area contributed by atoms with Crippen LogP contribution in [-0.4, -0.2) is 37.6 Å². The molecule has 0 spiro atoms. The van der Waals surface area contributed by atoms with E-state index in [1.165, 1.54) is 24.4 Å². The van der Waals surface area contributed by atoms with Crippen LogP contribution in [0.3, 0.4) is 0 Å². The summed E-state index contributed by atoms with van der Waals surface area (Å²) in [5.74, 6) is -1.82. The number of hydrogen-bond acceptors (Lipinski definition) is 5. The number of nitrogens with zero attached hydrogens (tertiary/aromatic N) is 1. The fourth-order valence-corrected chi connectivity index (χ4v) is 3.46. The Morgan fingerprint density at radius 2 is 1.81 bits per heavy atom. The minimum atomic E-state index is -3.67. The van der Waals surface area contributed by atoms with E-state index in [0.717, 1.165) is 0 Å². The van der Waals surface area contributed by atoms with Crippen LogP contribution >= 0.6 is 11.6 Å². The fraction of sp³-hybridized carbons (Fsp3) is 0.235. The molecule has 0 bridgehead atoms. The van der Waals surface area contributed by atoms with Gasteiger partial charge in [-0.2, -0.15) is 0 Å². The summed E-state index contributed by atoms with van der Waals surface area (Å²) in [4.78, 5) is 27.8. The molecule has 3 N–H and O–H groups in total. The Morgan fingerprint density at radius 3 is 2.48 bits per heavy atom. The Morgan fingerprint density at radius 1 is 1.11 bits per heavy atom. The number of hydrogen-bond donors (Lipinski definition) is 3. The molecule has 1 aromatic carbocycles. The number of carbonyl (C=O) groups excluding carboxylic acids is 2. The first-order valence-electron chi connectivity index (χ1n) is 8.00. The average molecular weight is 411 g/mol. The largest absolute Gasteiger partial charge is 0.272 e. The predicted octanol–water partition coefficient (Wildman–Crippen LogP) is 1.16. The van der Waals surface area contributed by atoms with E-state index < -0.39 is 27.8 Å². The zero-order valence-corrected chi connectivity index (χ0v) is 16.0. The van der Waals surface area contributed by atoms with Crippen molar-refractivity contribution in [2.45, 2.75) is 17.7 Å². The van der Waals surface area contributed by atoms with Crippen molar-refractivity contribution in [2.75, 3.05) is 12.4 Å². The first-order chi connectivity index (χ1) is 12.8. The Kier molecular flexibility index (Phi) is 7.28. The maximum absolute atomic E-state index is 12.3. The van der Waals surface area contributed by atoms with Gasteiger partial charge in [0.25, 0.3) is 11.8 Å². The zero-order valence-electron chi connectivity index (χ0n) is 14.5. The summed E-state index contributed by atoms with van der Waals surface area (Å²) in [5.41, 5.74) is 5.02. The van der Waals surface area contributed by atoms with Crippen LogP contribution in [0.2, 0.25) is 0 Å². The number of benzene rings is 1. The number of aromatic nitrogens is 1. The molecule has 0 saturated heterocycles. The molecule has 27 heavy (non-hydrogen) atoms. The van der Waals surface area contributed by atoms with Crippen molar-refractivity contribution >= 4 is 33.4 Å². The van der Waals surface area contributed by atoms with Gasteiger partial charge in [0, 0.05) is 18.7 Å². The number of nitrogens with one attached hydrogen (secondary N) is 3. The number of rotatable bonds is 7. The number of hydrazine groups is 1. The second-order valence-electron chi connectivity index (χ2n) is 5.64. The number of sulfonamides is 1. The number of alkyl halides is 1. The molecule has 0 saturated carbocycles. The lowest BCUT2D eigenvalue weighted by Crippen LogP contribution is -2.42. The third kappa shape index (κ3) is 5.75. The highest BCUT2D eigenvalue weighted by molar-refractivity contribution is 7.89. The highest BCUT2D eigenvalue weighted by Crippen LogP contribution is 2.17. The molecule has 2 aromatic rings. The summed E-state index contributed by atoms with van der Waals surface area (Å²) in [7, 11) is -3.67. The highest BCUT2D eigenvalue weighted by atomic mass is 35.5. The predicted molar refractivity (Wildman–Crippen MR) is 101 cm³/mol. The third-order valence-electron chi connectivity index (χ3n) is 3.62. The molecule has 0 fully saturated rings. The van der Waals surface area contributed by atoms with Gasteiger partial charge < -0.3 is 0 Å². The topological polar surface area (TPSA) is 117 Å². The number of carbonyl (C=O) groups is 2. The van der Waals surface area contributed by atoms with Crippen LogP contribution < -0.4 is 15.6 Å². The average Bonchev–Trinajstić information content (AvgIpc) is 2.70. The van der Waals surface area contributed by atoms with E-state index in [2.05, 4.69) is 20.6 Å². The van der Waals surface area contributed by atoms with E-state index >= 15 is 0 Å². The summed E-state index contributed by atoms with van der Waals surface area (Å²) in [6.45, 7) is 1.78. The Labute approximate surface area is 162 Å². The van der Waals surface area contributed by atoms with Gasteiger partial charge in [0.15, 0.2) is 0 Å². The molecule has 0 aliphatic heterocycles. The van der Waals surface area contributed by atoms with Gasteiger partial charge >= 0.3 is 0 Å². The Hall–Kier alpha value is -2.49. The van der Waals surface area contributed by atoms with Gasteiger partial charge in [0.05, 0.1) is 16.2 Å². The molecule has 0 radical (unpaired) electrons. The van der Waals surface area contributed by atoms with Crippen molar-refractivity contribution in [1.29, 1.82) is 0 Å². The molecule has 10 heteroatoms. The molecule has 0 aliphatic rings. The van der Waals surface area contributed by atoms with Gasteiger partial charge in [-0.1, -0.05) is 25.1 Å². The lowest BCUT2D eigenvalue weighted by atomic mass is 10.0. The smallest absolute Gasteiger partial charge is 0.271 e. The molecule has 1 aromatic heterocycles. The lowest BCUT2D eigenvalue weighted by Gasteiger charge is -2.16. The van der Waals surface area contributed by atoms with Crippen LogP contribution in [0.25, 0.3) is 0 Å². The summed E-state index contributed by atoms with van der Waals surface area (Å²) in [6, 6.07) is 11.1. The van der Waals surface area contributed by atoms with Crippen molar-refractivity contribution < 1.29 is 18.0 Å². The highest BCUT2D eigenvalue weighted by Gasteiger charge is 2.20. The molecule has 1 atom stereocenters. The van der Waals surface area contributed by atoms with Crippen LogP contribution in [0.4, 0.5) is 0 Å². The van der Waals surface area contributed by atoms with E-state index in [-0.39, 0.29) is 22.9 Å². The molecular weight excluding hydrogens is 392 g/mol. The quantitative estimate of drug-likeness (QED) is 0.467. The van der Waals surface area contributed by atoms with Crippen LogP contribution in [0.1, 0.15) is 28.9 Å². The SMILES string of the molecule is CC(CNS(=O)(=O)c1ccccc1)c1ncccc1C(=O)NNC(=O)CCl. The first kappa shape index (κ1) is 20.8. The van der Waals surface area contributed by atoms with Crippen LogP contribution in [0.5, 0.6) is 0 Å². The zero-order chi connectivity index (χ0) is 19.9. The van der Waals surface area contributed by atoms with Crippen molar-refractivity contribution in [3.05, 3.63) is 59.9 Å². The first-order valence-corrected chi connectivity index (χ1v) is 10.0. The maximum atomic E-state index is 12.3. The molecule has 2 rings (SSSR count). The minimum Gasteiger partial charge on any atom is -0.272 e. The van der Waals surface area contributed by atoms with Gasteiger partial charge in [-0.3, -0.25) is 25.4 Å². The Balaban J connectivity index is 2.09. The summed E-state index contributed by atoms with van der Waals surface area (Å²) in [6.07, 6.45) is 1.51. The van der Waals surface area contributed by atoms with E-state index in [1.54, 1.807) is 31.2 Å².